The molecule has 3 aliphatic heterocycles. The molecule has 1 amide bonds. The molecule has 1 aromatic carbocycles. The molecule has 1 fully saturated rings. The van der Waals surface area contributed by atoms with Crippen LogP contribution in [0.5, 0.6) is 0 Å². The van der Waals surface area contributed by atoms with Crippen LogP contribution in [0, 0.1) is 5.92 Å². The summed E-state index contributed by atoms with van der Waals surface area (Å²) in [5, 5.41) is 3.56. The summed E-state index contributed by atoms with van der Waals surface area (Å²) >= 11 is 0. The minimum Gasteiger partial charge on any atom is -0.456 e. The van der Waals surface area contributed by atoms with Gasteiger partial charge in [0.2, 0.25) is 11.7 Å². The molecule has 1 saturated heterocycles. The van der Waals surface area contributed by atoms with Gasteiger partial charge in [-0.1, -0.05) is 31.2 Å². The monoisotopic (exact) mass is 408 g/mol. The van der Waals surface area contributed by atoms with Gasteiger partial charge in [-0.3, -0.25) is 4.79 Å². The van der Waals surface area contributed by atoms with Crippen LogP contribution in [0.4, 0.5) is 5.69 Å². The van der Waals surface area contributed by atoms with Crippen molar-refractivity contribution >= 4 is 17.6 Å². The Kier molecular flexibility index (Phi) is 4.08. The maximum atomic E-state index is 13.4. The molecular formula is C24H28N2O4. The van der Waals surface area contributed by atoms with Crippen LogP contribution in [0.2, 0.25) is 0 Å². The van der Waals surface area contributed by atoms with Gasteiger partial charge in [0.05, 0.1) is 23.1 Å². The number of rotatable bonds is 4. The smallest absolute Gasteiger partial charge is 0.342 e. The molecule has 1 N–H and O–H groups in total. The standard InChI is InChI=1S/C24H28N2O4/c1-5-7-12-26-17(27)13-24-15-10-8-9-11-16(15)25-20(24)18-19(14(6-2)21(24)26)29-23(3,4)30-22(18)28/h5,8-11,14,20-21,25H,1,6-7,12-13H2,2-4H3/t14-,20-,21?,24-/m0/s1. The number of anilines is 1. The van der Waals surface area contributed by atoms with Gasteiger partial charge in [0.1, 0.15) is 5.76 Å². The molecule has 30 heavy (non-hydrogen) atoms. The first-order valence-electron chi connectivity index (χ1n) is 10.8. The number of carbonyl (C=O) groups excluding carboxylic acids is 2. The first kappa shape index (κ1) is 19.2. The number of cyclic esters (lactones) is 1. The lowest BCUT2D eigenvalue weighted by Gasteiger charge is -2.51. The highest BCUT2D eigenvalue weighted by Gasteiger charge is 2.68. The zero-order chi connectivity index (χ0) is 21.3. The minimum atomic E-state index is -1.02. The van der Waals surface area contributed by atoms with E-state index < -0.39 is 11.2 Å². The van der Waals surface area contributed by atoms with Crippen LogP contribution in [-0.4, -0.2) is 41.2 Å². The number of nitrogens with one attached hydrogen (secondary N) is 1. The summed E-state index contributed by atoms with van der Waals surface area (Å²) in [6, 6.07) is 7.67. The summed E-state index contributed by atoms with van der Waals surface area (Å²) in [6.07, 6.45) is 3.71. The minimum absolute atomic E-state index is 0.0763. The maximum absolute atomic E-state index is 13.4. The highest BCUT2D eigenvalue weighted by atomic mass is 16.7. The molecule has 0 saturated carbocycles. The molecule has 1 spiro atoms. The van der Waals surface area contributed by atoms with E-state index in [-0.39, 0.29) is 29.9 Å². The van der Waals surface area contributed by atoms with Crippen LogP contribution in [-0.2, 0) is 24.5 Å². The van der Waals surface area contributed by atoms with Gasteiger partial charge in [-0.15, -0.1) is 6.58 Å². The molecule has 1 unspecified atom stereocenters. The summed E-state index contributed by atoms with van der Waals surface area (Å²) in [5.41, 5.74) is 2.12. The van der Waals surface area contributed by atoms with Gasteiger partial charge < -0.3 is 19.7 Å². The molecule has 1 aliphatic carbocycles. The highest BCUT2D eigenvalue weighted by Crippen LogP contribution is 2.60. The third-order valence-electron chi connectivity index (χ3n) is 7.07. The Balaban J connectivity index is 1.76. The van der Waals surface area contributed by atoms with Crippen molar-refractivity contribution in [3.8, 4) is 0 Å². The van der Waals surface area contributed by atoms with Crippen molar-refractivity contribution in [2.24, 2.45) is 5.92 Å². The second-order valence-corrected chi connectivity index (χ2v) is 9.13. The van der Waals surface area contributed by atoms with Crippen LogP contribution < -0.4 is 5.32 Å². The SMILES string of the molecule is C=CCCN1C(=O)C[C@]23c4ccccc4N[C@H]2C2=C(OC(C)(C)OC2=O)[C@H](CC)C13. The summed E-state index contributed by atoms with van der Waals surface area (Å²) in [6.45, 7) is 10.1. The number of hydrogen-bond donors (Lipinski definition) is 1. The van der Waals surface area contributed by atoms with Crippen LogP contribution in [0.25, 0.3) is 0 Å². The number of ether oxygens (including phenoxy) is 2. The quantitative estimate of drug-likeness (QED) is 0.610. The van der Waals surface area contributed by atoms with Gasteiger partial charge in [-0.2, -0.15) is 0 Å². The number of carbonyl (C=O) groups is 2. The van der Waals surface area contributed by atoms with E-state index in [9.17, 15) is 9.59 Å². The molecule has 6 nitrogen and oxygen atoms in total. The maximum Gasteiger partial charge on any atom is 0.342 e. The Morgan fingerprint density at radius 3 is 2.77 bits per heavy atom. The molecule has 5 rings (SSSR count). The normalized spacial score (nSPS) is 33.0. The fourth-order valence-electron chi connectivity index (χ4n) is 6.08. The molecule has 3 heterocycles. The summed E-state index contributed by atoms with van der Waals surface area (Å²) in [5.74, 6) is -0.643. The van der Waals surface area contributed by atoms with Gasteiger partial charge >= 0.3 is 5.97 Å². The van der Waals surface area contributed by atoms with E-state index in [1.807, 2.05) is 29.2 Å². The Hall–Kier alpha value is -2.76. The van der Waals surface area contributed by atoms with Gasteiger partial charge in [-0.25, -0.2) is 4.79 Å². The van der Waals surface area contributed by atoms with Crippen LogP contribution in [0.3, 0.4) is 0 Å². The first-order valence-corrected chi connectivity index (χ1v) is 10.8. The van der Waals surface area contributed by atoms with Crippen LogP contribution in [0.1, 0.15) is 45.6 Å². The second kappa shape index (κ2) is 6.37. The zero-order valence-corrected chi connectivity index (χ0v) is 17.7. The molecule has 1 aromatic rings. The molecule has 0 radical (unpaired) electrons. The van der Waals surface area contributed by atoms with E-state index in [4.69, 9.17) is 9.47 Å². The number of benzene rings is 1. The number of esters is 1. The Morgan fingerprint density at radius 2 is 2.03 bits per heavy atom. The number of fused-ring (bicyclic) bond motifs is 2. The predicted molar refractivity (Wildman–Crippen MR) is 113 cm³/mol. The van der Waals surface area contributed by atoms with E-state index in [0.717, 1.165) is 24.1 Å². The van der Waals surface area contributed by atoms with E-state index >= 15 is 0 Å². The fraction of sp³-hybridized carbons (Fsp3) is 0.500. The fourth-order valence-corrected chi connectivity index (χ4v) is 6.08. The van der Waals surface area contributed by atoms with Crippen molar-refractivity contribution in [2.75, 3.05) is 11.9 Å². The van der Waals surface area contributed by atoms with Gasteiger partial charge in [0, 0.05) is 38.4 Å². The lowest BCUT2D eigenvalue weighted by molar-refractivity contribution is -0.215. The summed E-state index contributed by atoms with van der Waals surface area (Å²) < 4.78 is 11.9. The Morgan fingerprint density at radius 1 is 1.27 bits per heavy atom. The third-order valence-corrected chi connectivity index (χ3v) is 7.07. The topological polar surface area (TPSA) is 67.9 Å². The van der Waals surface area contributed by atoms with E-state index in [1.165, 1.54) is 0 Å². The van der Waals surface area contributed by atoms with Gasteiger partial charge in [0.25, 0.3) is 0 Å². The largest absolute Gasteiger partial charge is 0.456 e. The lowest BCUT2D eigenvalue weighted by atomic mass is 9.60. The molecule has 158 valence electrons. The van der Waals surface area contributed by atoms with E-state index in [0.29, 0.717) is 24.3 Å². The van der Waals surface area contributed by atoms with Crippen LogP contribution in [0.15, 0.2) is 48.3 Å². The highest BCUT2D eigenvalue weighted by molar-refractivity contribution is 5.96. The van der Waals surface area contributed by atoms with Gasteiger partial charge in [-0.05, 0) is 24.5 Å². The molecule has 0 bridgehead atoms. The lowest BCUT2D eigenvalue weighted by Crippen LogP contribution is -2.61. The molecule has 6 heteroatoms. The van der Waals surface area contributed by atoms with E-state index in [2.05, 4.69) is 24.9 Å². The number of amides is 1. The molecule has 4 atom stereocenters. The number of para-hydroxylation sites is 1. The molecule has 4 aliphatic rings. The van der Waals surface area contributed by atoms with Crippen molar-refractivity contribution in [3.63, 3.8) is 0 Å². The first-order chi connectivity index (χ1) is 14.3. The van der Waals surface area contributed by atoms with Crippen molar-refractivity contribution < 1.29 is 19.1 Å². The number of nitrogens with zero attached hydrogens (tertiary/aromatic N) is 1. The Labute approximate surface area is 176 Å². The average Bonchev–Trinajstić information content (AvgIpc) is 3.16. The van der Waals surface area contributed by atoms with Crippen molar-refractivity contribution in [3.05, 3.63) is 53.8 Å². The van der Waals surface area contributed by atoms with Crippen molar-refractivity contribution in [1.82, 2.24) is 4.90 Å². The predicted octanol–water partition coefficient (Wildman–Crippen LogP) is 3.50. The third kappa shape index (κ3) is 2.36. The number of likely N-dealkylation sites (tertiary alicyclic amines) is 1. The van der Waals surface area contributed by atoms with E-state index in [1.54, 1.807) is 13.8 Å². The molecule has 0 aromatic heterocycles. The summed E-state index contributed by atoms with van der Waals surface area (Å²) in [4.78, 5) is 28.6. The van der Waals surface area contributed by atoms with Crippen LogP contribution >= 0.6 is 0 Å². The second-order valence-electron chi connectivity index (χ2n) is 9.13. The average molecular weight is 408 g/mol. The Bertz CT molecular complexity index is 981. The molecular weight excluding hydrogens is 380 g/mol. The summed E-state index contributed by atoms with van der Waals surface area (Å²) in [7, 11) is 0. The van der Waals surface area contributed by atoms with Gasteiger partial charge in [0.15, 0.2) is 0 Å². The zero-order valence-electron chi connectivity index (χ0n) is 17.7. The number of hydrogen-bond acceptors (Lipinski definition) is 5. The van der Waals surface area contributed by atoms with Crippen molar-refractivity contribution in [1.29, 1.82) is 0 Å². The van der Waals surface area contributed by atoms with Crippen molar-refractivity contribution in [2.45, 2.75) is 63.3 Å².